The topological polar surface area (TPSA) is 76.8 Å². The Hall–Kier alpha value is -1.70. The van der Waals surface area contributed by atoms with Crippen molar-refractivity contribution in [1.82, 2.24) is 4.90 Å². The van der Waals surface area contributed by atoms with E-state index in [0.29, 0.717) is 22.2 Å². The summed E-state index contributed by atoms with van der Waals surface area (Å²) in [6, 6.07) is 7.92. The van der Waals surface area contributed by atoms with E-state index in [-0.39, 0.29) is 36.3 Å². The normalized spacial score (nSPS) is 18.6. The summed E-state index contributed by atoms with van der Waals surface area (Å²) in [4.78, 5) is 14.2. The molecule has 0 aliphatic carbocycles. The number of rotatable bonds is 6. The highest BCUT2D eigenvalue weighted by Gasteiger charge is 2.35. The Labute approximate surface area is 161 Å². The molecule has 1 amide bonds. The van der Waals surface area contributed by atoms with Crippen LogP contribution in [0.2, 0.25) is 10.0 Å². The lowest BCUT2D eigenvalue weighted by Crippen LogP contribution is -2.43. The third-order valence-electron chi connectivity index (χ3n) is 4.13. The van der Waals surface area contributed by atoms with Gasteiger partial charge in [-0.05, 0) is 30.7 Å². The monoisotopic (exact) mass is 417 g/mol. The number of ether oxygens (including phenoxy) is 1. The first-order valence-electron chi connectivity index (χ1n) is 7.95. The molecule has 1 saturated heterocycles. The van der Waals surface area contributed by atoms with Crippen molar-refractivity contribution < 1.29 is 22.4 Å². The second kappa shape index (κ2) is 7.90. The van der Waals surface area contributed by atoms with E-state index in [0.717, 1.165) is 0 Å². The van der Waals surface area contributed by atoms with Crippen LogP contribution in [0.15, 0.2) is 41.0 Å². The summed E-state index contributed by atoms with van der Waals surface area (Å²) in [6.45, 7) is -0.133. The van der Waals surface area contributed by atoms with Gasteiger partial charge in [0, 0.05) is 6.04 Å². The summed E-state index contributed by atoms with van der Waals surface area (Å²) >= 11 is 12.1. The highest BCUT2D eigenvalue weighted by atomic mass is 35.5. The Bertz CT molecular complexity index is 862. The summed E-state index contributed by atoms with van der Waals surface area (Å²) < 4.78 is 34.4. The minimum Gasteiger partial charge on any atom is -0.481 e. The Kier molecular flexibility index (Phi) is 5.79. The van der Waals surface area contributed by atoms with Crippen LogP contribution >= 0.6 is 23.2 Å². The van der Waals surface area contributed by atoms with Gasteiger partial charge in [-0.1, -0.05) is 29.3 Å². The van der Waals surface area contributed by atoms with Crippen LogP contribution in [0.3, 0.4) is 0 Å². The molecule has 2 aromatic rings. The van der Waals surface area contributed by atoms with Crippen molar-refractivity contribution in [3.63, 3.8) is 0 Å². The lowest BCUT2D eigenvalue weighted by Gasteiger charge is -2.27. The maximum Gasteiger partial charge on any atom is 0.261 e. The molecule has 0 radical (unpaired) electrons. The highest BCUT2D eigenvalue weighted by molar-refractivity contribution is 7.91. The lowest BCUT2D eigenvalue weighted by molar-refractivity contribution is -0.136. The molecule has 3 rings (SSSR count). The van der Waals surface area contributed by atoms with E-state index in [1.165, 1.54) is 11.2 Å². The minimum absolute atomic E-state index is 0.0632. The van der Waals surface area contributed by atoms with E-state index in [1.54, 1.807) is 30.3 Å². The fourth-order valence-electron chi connectivity index (χ4n) is 2.85. The van der Waals surface area contributed by atoms with Gasteiger partial charge in [0.05, 0.1) is 34.4 Å². The highest BCUT2D eigenvalue weighted by Crippen LogP contribution is 2.32. The number of nitrogens with zero attached hydrogens (tertiary/aromatic N) is 1. The molecule has 0 spiro atoms. The molecule has 0 N–H and O–H groups in total. The zero-order chi connectivity index (χ0) is 18.7. The Morgan fingerprint density at radius 3 is 2.54 bits per heavy atom. The van der Waals surface area contributed by atoms with Gasteiger partial charge in [-0.3, -0.25) is 4.79 Å². The molecule has 9 heteroatoms. The van der Waals surface area contributed by atoms with Crippen molar-refractivity contribution in [2.75, 3.05) is 18.1 Å². The number of amides is 1. The van der Waals surface area contributed by atoms with E-state index in [9.17, 15) is 13.2 Å². The average Bonchev–Trinajstić information content (AvgIpc) is 3.21. The minimum atomic E-state index is -3.14. The maximum absolute atomic E-state index is 12.7. The van der Waals surface area contributed by atoms with E-state index in [2.05, 4.69) is 0 Å². The van der Waals surface area contributed by atoms with Gasteiger partial charge < -0.3 is 14.1 Å². The molecule has 1 aromatic carbocycles. The smallest absolute Gasteiger partial charge is 0.261 e. The van der Waals surface area contributed by atoms with Gasteiger partial charge >= 0.3 is 0 Å². The average molecular weight is 418 g/mol. The molecular formula is C17H17Cl2NO5S. The van der Waals surface area contributed by atoms with Gasteiger partial charge in [0.25, 0.3) is 5.91 Å². The third-order valence-corrected chi connectivity index (χ3v) is 6.48. The SMILES string of the molecule is O=C(COc1c(Cl)cccc1Cl)N(Cc1ccco1)C1CCS(=O)(=O)C1. The van der Waals surface area contributed by atoms with Crippen LogP contribution in [0.5, 0.6) is 5.75 Å². The second-order valence-electron chi connectivity index (χ2n) is 6.00. The summed E-state index contributed by atoms with van der Waals surface area (Å²) in [7, 11) is -3.14. The van der Waals surface area contributed by atoms with Crippen molar-refractivity contribution in [1.29, 1.82) is 0 Å². The Morgan fingerprint density at radius 2 is 1.96 bits per heavy atom. The number of para-hydroxylation sites is 1. The number of sulfone groups is 1. The summed E-state index contributed by atoms with van der Waals surface area (Å²) in [5.74, 6) is 0.433. The molecule has 1 aliphatic rings. The molecular weight excluding hydrogens is 401 g/mol. The predicted octanol–water partition coefficient (Wildman–Crippen LogP) is 3.18. The van der Waals surface area contributed by atoms with Crippen LogP contribution in [0.25, 0.3) is 0 Å². The van der Waals surface area contributed by atoms with Crippen molar-refractivity contribution in [2.24, 2.45) is 0 Å². The van der Waals surface area contributed by atoms with Crippen molar-refractivity contribution >= 4 is 38.9 Å². The van der Waals surface area contributed by atoms with Crippen LogP contribution in [0, 0.1) is 0 Å². The summed E-state index contributed by atoms with van der Waals surface area (Å²) in [5, 5.41) is 0.595. The summed E-state index contributed by atoms with van der Waals surface area (Å²) in [6.07, 6.45) is 1.89. The van der Waals surface area contributed by atoms with Gasteiger partial charge in [0.15, 0.2) is 22.2 Å². The first-order chi connectivity index (χ1) is 12.4. The molecule has 2 heterocycles. The van der Waals surface area contributed by atoms with Gasteiger partial charge in [-0.25, -0.2) is 8.42 Å². The van der Waals surface area contributed by atoms with Crippen LogP contribution in [-0.2, 0) is 21.2 Å². The first kappa shape index (κ1) is 19.1. The van der Waals surface area contributed by atoms with E-state index >= 15 is 0 Å². The molecule has 140 valence electrons. The molecule has 6 nitrogen and oxygen atoms in total. The Morgan fingerprint density at radius 1 is 1.23 bits per heavy atom. The Balaban J connectivity index is 1.74. The quantitative estimate of drug-likeness (QED) is 0.720. The molecule has 0 bridgehead atoms. The second-order valence-corrected chi connectivity index (χ2v) is 9.04. The fraction of sp³-hybridized carbons (Fsp3) is 0.353. The predicted molar refractivity (Wildman–Crippen MR) is 98.3 cm³/mol. The number of hydrogen-bond donors (Lipinski definition) is 0. The lowest BCUT2D eigenvalue weighted by atomic mass is 10.2. The van der Waals surface area contributed by atoms with Crippen LogP contribution in [0.4, 0.5) is 0 Å². The molecule has 1 aliphatic heterocycles. The largest absolute Gasteiger partial charge is 0.481 e. The zero-order valence-electron chi connectivity index (χ0n) is 13.7. The van der Waals surface area contributed by atoms with Crippen molar-refractivity contribution in [2.45, 2.75) is 19.0 Å². The third kappa shape index (κ3) is 4.52. The van der Waals surface area contributed by atoms with Gasteiger partial charge in [-0.15, -0.1) is 0 Å². The number of carbonyl (C=O) groups excluding carboxylic acids is 1. The molecule has 26 heavy (non-hydrogen) atoms. The van der Waals surface area contributed by atoms with Crippen LogP contribution in [0.1, 0.15) is 12.2 Å². The molecule has 1 fully saturated rings. The van der Waals surface area contributed by atoms with E-state index in [4.69, 9.17) is 32.4 Å². The molecule has 0 saturated carbocycles. The summed E-state index contributed by atoms with van der Waals surface area (Å²) in [5.41, 5.74) is 0. The number of halogens is 2. The van der Waals surface area contributed by atoms with Crippen LogP contribution in [-0.4, -0.2) is 43.4 Å². The van der Waals surface area contributed by atoms with Gasteiger partial charge in [0.2, 0.25) is 0 Å². The number of furan rings is 1. The van der Waals surface area contributed by atoms with E-state index < -0.39 is 15.9 Å². The number of hydrogen-bond acceptors (Lipinski definition) is 5. The van der Waals surface area contributed by atoms with Gasteiger partial charge in [-0.2, -0.15) is 0 Å². The molecule has 1 unspecified atom stereocenters. The maximum atomic E-state index is 12.7. The number of carbonyl (C=O) groups is 1. The molecule has 1 aromatic heterocycles. The number of benzene rings is 1. The van der Waals surface area contributed by atoms with Crippen molar-refractivity contribution in [3.05, 3.63) is 52.4 Å². The van der Waals surface area contributed by atoms with Crippen molar-refractivity contribution in [3.8, 4) is 5.75 Å². The first-order valence-corrected chi connectivity index (χ1v) is 10.5. The van der Waals surface area contributed by atoms with Crippen LogP contribution < -0.4 is 4.74 Å². The fourth-order valence-corrected chi connectivity index (χ4v) is 5.09. The zero-order valence-corrected chi connectivity index (χ0v) is 16.1. The standard InChI is InChI=1S/C17H17Cl2NO5S/c18-14-4-1-5-15(19)17(14)25-10-16(21)20(9-13-3-2-7-24-13)12-6-8-26(22,23)11-12/h1-5,7,12H,6,8-11H2. The van der Waals surface area contributed by atoms with E-state index in [1.807, 2.05) is 0 Å². The molecule has 1 atom stereocenters. The van der Waals surface area contributed by atoms with Gasteiger partial charge in [0.1, 0.15) is 5.76 Å².